The van der Waals surface area contributed by atoms with Crippen LogP contribution in [-0.4, -0.2) is 44.4 Å². The molecule has 3 N–H and O–H groups in total. The van der Waals surface area contributed by atoms with Gasteiger partial charge in [-0.1, -0.05) is 13.8 Å². The third-order valence-electron chi connectivity index (χ3n) is 3.66. The van der Waals surface area contributed by atoms with Gasteiger partial charge in [0.05, 0.1) is 31.3 Å². The predicted octanol–water partition coefficient (Wildman–Crippen LogP) is 0.528. The Labute approximate surface area is 109 Å². The Bertz CT molecular complexity index is 283. The van der Waals surface area contributed by atoms with Crippen molar-refractivity contribution in [1.82, 2.24) is 5.32 Å². The number of carbonyl (C=O) groups is 1. The molecule has 0 aliphatic carbocycles. The number of hydrogen-bond donors (Lipinski definition) is 2. The van der Waals surface area contributed by atoms with Gasteiger partial charge in [0, 0.05) is 12.6 Å². The Hall–Kier alpha value is -0.650. The number of amides is 1. The lowest BCUT2D eigenvalue weighted by atomic mass is 9.84. The van der Waals surface area contributed by atoms with E-state index in [4.69, 9.17) is 15.2 Å². The fraction of sp³-hybridized carbons (Fsp3) is 0.923. The van der Waals surface area contributed by atoms with Crippen LogP contribution in [0.2, 0.25) is 0 Å². The average molecular weight is 258 g/mol. The van der Waals surface area contributed by atoms with Gasteiger partial charge in [-0.25, -0.2) is 0 Å². The fourth-order valence-corrected chi connectivity index (χ4v) is 1.90. The number of nitrogens with one attached hydrogen (secondary N) is 1. The minimum absolute atomic E-state index is 0.0158. The molecule has 3 atom stereocenters. The molecule has 1 amide bonds. The van der Waals surface area contributed by atoms with E-state index in [0.717, 1.165) is 0 Å². The monoisotopic (exact) mass is 258 g/mol. The molecule has 1 aliphatic heterocycles. The van der Waals surface area contributed by atoms with Crippen LogP contribution in [0.15, 0.2) is 0 Å². The Kier molecular flexibility index (Phi) is 5.56. The first-order valence-corrected chi connectivity index (χ1v) is 6.63. The van der Waals surface area contributed by atoms with Crippen molar-refractivity contribution in [3.63, 3.8) is 0 Å². The highest BCUT2D eigenvalue weighted by atomic mass is 16.5. The van der Waals surface area contributed by atoms with Crippen molar-refractivity contribution in [3.8, 4) is 0 Å². The lowest BCUT2D eigenvalue weighted by Gasteiger charge is -2.30. The van der Waals surface area contributed by atoms with E-state index in [1.165, 1.54) is 0 Å². The molecule has 0 aromatic rings. The first-order valence-electron chi connectivity index (χ1n) is 6.63. The quantitative estimate of drug-likeness (QED) is 0.729. The topological polar surface area (TPSA) is 73.6 Å². The maximum absolute atomic E-state index is 12.3. The summed E-state index contributed by atoms with van der Waals surface area (Å²) in [5.41, 5.74) is 5.32. The standard InChI is InChI=1S/C13H26N2O3/c1-5-17-6-10(9(2)3)15-12(16)13(4)8-18-7-11(13)14/h9-11H,5-8,14H2,1-4H3,(H,15,16). The van der Waals surface area contributed by atoms with E-state index < -0.39 is 5.41 Å². The molecule has 5 heteroatoms. The molecule has 18 heavy (non-hydrogen) atoms. The van der Waals surface area contributed by atoms with E-state index in [1.54, 1.807) is 0 Å². The highest BCUT2D eigenvalue weighted by molar-refractivity contribution is 5.83. The zero-order valence-electron chi connectivity index (χ0n) is 11.9. The van der Waals surface area contributed by atoms with Crippen molar-refractivity contribution in [2.24, 2.45) is 17.1 Å². The summed E-state index contributed by atoms with van der Waals surface area (Å²) in [6.07, 6.45) is 0. The van der Waals surface area contributed by atoms with Crippen LogP contribution in [0.5, 0.6) is 0 Å². The molecule has 1 aliphatic rings. The minimum atomic E-state index is -0.626. The van der Waals surface area contributed by atoms with Crippen LogP contribution in [0.1, 0.15) is 27.7 Å². The lowest BCUT2D eigenvalue weighted by Crippen LogP contribution is -2.54. The molecule has 0 spiro atoms. The SMILES string of the molecule is CCOCC(NC(=O)C1(C)COCC1N)C(C)C. The van der Waals surface area contributed by atoms with Crippen LogP contribution in [0.3, 0.4) is 0 Å². The molecular weight excluding hydrogens is 232 g/mol. The molecule has 0 aromatic carbocycles. The molecule has 0 radical (unpaired) electrons. The summed E-state index contributed by atoms with van der Waals surface area (Å²) >= 11 is 0. The normalized spacial score (nSPS) is 29.6. The van der Waals surface area contributed by atoms with Gasteiger partial charge in [0.1, 0.15) is 0 Å². The van der Waals surface area contributed by atoms with Gasteiger partial charge < -0.3 is 20.5 Å². The Morgan fingerprint density at radius 2 is 2.28 bits per heavy atom. The maximum atomic E-state index is 12.3. The Balaban J connectivity index is 2.60. The van der Waals surface area contributed by atoms with Crippen molar-refractivity contribution < 1.29 is 14.3 Å². The molecule has 0 aromatic heterocycles. The summed E-state index contributed by atoms with van der Waals surface area (Å²) in [4.78, 5) is 12.3. The molecule has 1 rings (SSSR count). The van der Waals surface area contributed by atoms with Gasteiger partial charge in [0.15, 0.2) is 0 Å². The van der Waals surface area contributed by atoms with E-state index in [1.807, 2.05) is 13.8 Å². The smallest absolute Gasteiger partial charge is 0.230 e. The summed E-state index contributed by atoms with van der Waals surface area (Å²) in [6, 6.07) is -0.223. The third-order valence-corrected chi connectivity index (χ3v) is 3.66. The van der Waals surface area contributed by atoms with E-state index in [2.05, 4.69) is 19.2 Å². The Morgan fingerprint density at radius 3 is 2.72 bits per heavy atom. The van der Waals surface area contributed by atoms with Gasteiger partial charge in [-0.05, 0) is 19.8 Å². The van der Waals surface area contributed by atoms with Crippen molar-refractivity contribution >= 4 is 5.91 Å². The van der Waals surface area contributed by atoms with Gasteiger partial charge in [-0.15, -0.1) is 0 Å². The van der Waals surface area contributed by atoms with Crippen LogP contribution in [0.4, 0.5) is 0 Å². The first-order chi connectivity index (χ1) is 8.41. The molecule has 1 fully saturated rings. The second-order valence-corrected chi connectivity index (χ2v) is 5.52. The van der Waals surface area contributed by atoms with Crippen molar-refractivity contribution in [3.05, 3.63) is 0 Å². The number of rotatable bonds is 6. The molecule has 106 valence electrons. The minimum Gasteiger partial charge on any atom is -0.380 e. The van der Waals surface area contributed by atoms with Crippen molar-refractivity contribution in [2.75, 3.05) is 26.4 Å². The zero-order valence-corrected chi connectivity index (χ0v) is 11.9. The van der Waals surface area contributed by atoms with Crippen molar-refractivity contribution in [1.29, 1.82) is 0 Å². The molecule has 1 saturated heterocycles. The van der Waals surface area contributed by atoms with Gasteiger partial charge >= 0.3 is 0 Å². The van der Waals surface area contributed by atoms with E-state index in [0.29, 0.717) is 32.3 Å². The number of carbonyl (C=O) groups excluding carboxylic acids is 1. The summed E-state index contributed by atoms with van der Waals surface area (Å²) in [6.45, 7) is 9.96. The van der Waals surface area contributed by atoms with E-state index >= 15 is 0 Å². The third kappa shape index (κ3) is 3.43. The molecule has 3 unspecified atom stereocenters. The summed E-state index contributed by atoms with van der Waals surface area (Å²) in [5, 5.41) is 3.04. The predicted molar refractivity (Wildman–Crippen MR) is 70.2 cm³/mol. The van der Waals surface area contributed by atoms with Gasteiger partial charge in [0.25, 0.3) is 0 Å². The van der Waals surface area contributed by atoms with Crippen LogP contribution in [-0.2, 0) is 14.3 Å². The van der Waals surface area contributed by atoms with Crippen LogP contribution < -0.4 is 11.1 Å². The lowest BCUT2D eigenvalue weighted by molar-refractivity contribution is -0.132. The van der Waals surface area contributed by atoms with Crippen LogP contribution in [0.25, 0.3) is 0 Å². The summed E-state index contributed by atoms with van der Waals surface area (Å²) < 4.78 is 10.7. The zero-order chi connectivity index (χ0) is 13.8. The Morgan fingerprint density at radius 1 is 1.61 bits per heavy atom. The van der Waals surface area contributed by atoms with Gasteiger partial charge in [0.2, 0.25) is 5.91 Å². The maximum Gasteiger partial charge on any atom is 0.230 e. The second-order valence-electron chi connectivity index (χ2n) is 5.52. The molecule has 1 heterocycles. The fourth-order valence-electron chi connectivity index (χ4n) is 1.90. The second kappa shape index (κ2) is 6.50. The van der Waals surface area contributed by atoms with Crippen molar-refractivity contribution in [2.45, 2.75) is 39.8 Å². The molecule has 0 saturated carbocycles. The van der Waals surface area contributed by atoms with E-state index in [9.17, 15) is 4.79 Å². The molecular formula is C13H26N2O3. The van der Waals surface area contributed by atoms with Gasteiger partial charge in [-0.2, -0.15) is 0 Å². The van der Waals surface area contributed by atoms with E-state index in [-0.39, 0.29) is 18.0 Å². The van der Waals surface area contributed by atoms with Crippen LogP contribution >= 0.6 is 0 Å². The number of hydrogen-bond acceptors (Lipinski definition) is 4. The average Bonchev–Trinajstić information content (AvgIpc) is 2.65. The number of ether oxygens (including phenoxy) is 2. The summed E-state index contributed by atoms with van der Waals surface area (Å²) in [7, 11) is 0. The molecule has 5 nitrogen and oxygen atoms in total. The summed E-state index contributed by atoms with van der Waals surface area (Å²) in [5.74, 6) is 0.286. The largest absolute Gasteiger partial charge is 0.380 e. The highest BCUT2D eigenvalue weighted by Gasteiger charge is 2.44. The molecule has 0 bridgehead atoms. The van der Waals surface area contributed by atoms with Crippen LogP contribution in [0, 0.1) is 11.3 Å². The number of nitrogens with two attached hydrogens (primary N) is 1. The first kappa shape index (κ1) is 15.4. The highest BCUT2D eigenvalue weighted by Crippen LogP contribution is 2.27. The van der Waals surface area contributed by atoms with Gasteiger partial charge in [-0.3, -0.25) is 4.79 Å².